The van der Waals surface area contributed by atoms with Crippen molar-refractivity contribution >= 4 is 12.0 Å². The zero-order valence-electron chi connectivity index (χ0n) is 18.5. The van der Waals surface area contributed by atoms with Crippen LogP contribution in [0.15, 0.2) is 30.3 Å². The molecule has 158 valence electrons. The van der Waals surface area contributed by atoms with Crippen molar-refractivity contribution in [3.8, 4) is 0 Å². The summed E-state index contributed by atoms with van der Waals surface area (Å²) in [6.07, 6.45) is 22.6. The van der Waals surface area contributed by atoms with E-state index in [0.717, 1.165) is 18.5 Å². The Labute approximate surface area is 174 Å². The van der Waals surface area contributed by atoms with Crippen LogP contribution in [0.25, 0.3) is 6.08 Å². The molecule has 0 aromatic heterocycles. The Bertz CT molecular complexity index is 518. The molecule has 0 saturated heterocycles. The summed E-state index contributed by atoms with van der Waals surface area (Å²) < 4.78 is 0. The lowest BCUT2D eigenvalue weighted by Crippen LogP contribution is -2.21. The molecule has 1 amide bonds. The van der Waals surface area contributed by atoms with E-state index >= 15 is 0 Å². The quantitative estimate of drug-likeness (QED) is 0.217. The van der Waals surface area contributed by atoms with Crippen LogP contribution in [0.2, 0.25) is 0 Å². The van der Waals surface area contributed by atoms with Crippen LogP contribution in [0.3, 0.4) is 0 Å². The number of rotatable bonds is 17. The molecule has 0 bridgehead atoms. The predicted molar refractivity (Wildman–Crippen MR) is 124 cm³/mol. The minimum atomic E-state index is 0.00951. The molecule has 0 unspecified atom stereocenters. The molecule has 2 nitrogen and oxygen atoms in total. The third-order valence-corrected chi connectivity index (χ3v) is 5.33. The lowest BCUT2D eigenvalue weighted by molar-refractivity contribution is -0.116. The predicted octanol–water partition coefficient (Wildman–Crippen LogP) is 7.61. The first-order chi connectivity index (χ1) is 13.7. The molecule has 0 spiro atoms. The highest BCUT2D eigenvalue weighted by molar-refractivity contribution is 5.91. The van der Waals surface area contributed by atoms with Crippen molar-refractivity contribution in [2.45, 2.75) is 104 Å². The number of benzene rings is 1. The van der Waals surface area contributed by atoms with E-state index in [4.69, 9.17) is 0 Å². The Balaban J connectivity index is 1.84. The molecule has 0 fully saturated rings. The summed E-state index contributed by atoms with van der Waals surface area (Å²) in [6.45, 7) is 5.13. The molecule has 0 aliphatic carbocycles. The second-order valence-electron chi connectivity index (χ2n) is 8.13. The van der Waals surface area contributed by atoms with Gasteiger partial charge in [0.05, 0.1) is 0 Å². The van der Waals surface area contributed by atoms with E-state index in [9.17, 15) is 4.79 Å². The molecule has 2 heteroatoms. The average Bonchev–Trinajstić information content (AvgIpc) is 2.70. The normalized spacial score (nSPS) is 11.2. The first-order valence-electron chi connectivity index (χ1n) is 11.7. The fourth-order valence-corrected chi connectivity index (χ4v) is 3.44. The van der Waals surface area contributed by atoms with Crippen molar-refractivity contribution < 1.29 is 4.79 Å². The molecular formula is C26H43NO. The summed E-state index contributed by atoms with van der Waals surface area (Å²) >= 11 is 0. The number of nitrogens with one attached hydrogen (secondary N) is 1. The molecular weight excluding hydrogens is 342 g/mol. The highest BCUT2D eigenvalue weighted by atomic mass is 16.1. The van der Waals surface area contributed by atoms with E-state index in [-0.39, 0.29) is 5.91 Å². The Morgan fingerprint density at radius 2 is 1.21 bits per heavy atom. The molecule has 0 aliphatic rings. The highest BCUT2D eigenvalue weighted by Gasteiger charge is 1.97. The van der Waals surface area contributed by atoms with Gasteiger partial charge >= 0.3 is 0 Å². The van der Waals surface area contributed by atoms with Crippen molar-refractivity contribution in [1.29, 1.82) is 0 Å². The SMILES string of the molecule is CCCCCCCCCCCCCCCCNC(=O)C=Cc1ccc(C)cc1. The molecule has 0 atom stereocenters. The largest absolute Gasteiger partial charge is 0.353 e. The van der Waals surface area contributed by atoms with Crippen LogP contribution >= 0.6 is 0 Å². The summed E-state index contributed by atoms with van der Waals surface area (Å²) in [5.41, 5.74) is 2.30. The minimum absolute atomic E-state index is 0.00951. The molecule has 28 heavy (non-hydrogen) atoms. The summed E-state index contributed by atoms with van der Waals surface area (Å²) in [6, 6.07) is 8.19. The number of unbranched alkanes of at least 4 members (excludes halogenated alkanes) is 13. The first-order valence-corrected chi connectivity index (χ1v) is 11.7. The van der Waals surface area contributed by atoms with Crippen LogP contribution in [-0.4, -0.2) is 12.5 Å². The van der Waals surface area contributed by atoms with E-state index in [0.29, 0.717) is 0 Å². The van der Waals surface area contributed by atoms with Gasteiger partial charge in [-0.15, -0.1) is 0 Å². The van der Waals surface area contributed by atoms with Gasteiger partial charge in [-0.3, -0.25) is 4.79 Å². The lowest BCUT2D eigenvalue weighted by Gasteiger charge is -2.04. The van der Waals surface area contributed by atoms with Crippen molar-refractivity contribution in [1.82, 2.24) is 5.32 Å². The van der Waals surface area contributed by atoms with Crippen LogP contribution in [0.1, 0.15) is 108 Å². The summed E-state index contributed by atoms with van der Waals surface area (Å²) in [4.78, 5) is 11.8. The van der Waals surface area contributed by atoms with Gasteiger partial charge < -0.3 is 5.32 Å². The maximum atomic E-state index is 11.8. The monoisotopic (exact) mass is 385 g/mol. The lowest BCUT2D eigenvalue weighted by atomic mass is 10.0. The average molecular weight is 386 g/mol. The third kappa shape index (κ3) is 14.5. The van der Waals surface area contributed by atoms with Gasteiger partial charge in [-0.05, 0) is 25.0 Å². The minimum Gasteiger partial charge on any atom is -0.353 e. The molecule has 0 aliphatic heterocycles. The van der Waals surface area contributed by atoms with E-state index in [1.165, 1.54) is 89.0 Å². The molecule has 1 aromatic carbocycles. The molecule has 1 N–H and O–H groups in total. The fourth-order valence-electron chi connectivity index (χ4n) is 3.44. The molecule has 1 aromatic rings. The van der Waals surface area contributed by atoms with Gasteiger partial charge in [-0.1, -0.05) is 120 Å². The molecule has 0 saturated carbocycles. The topological polar surface area (TPSA) is 29.1 Å². The Kier molecular flexibility index (Phi) is 15.3. The highest BCUT2D eigenvalue weighted by Crippen LogP contribution is 2.12. The zero-order valence-corrected chi connectivity index (χ0v) is 18.5. The maximum Gasteiger partial charge on any atom is 0.243 e. The standard InChI is InChI=1S/C26H43NO/c1-3-4-5-6-7-8-9-10-11-12-13-14-15-16-23-27-26(28)22-21-25-19-17-24(2)18-20-25/h17-22H,3-16,23H2,1-2H3,(H,27,28). The van der Waals surface area contributed by atoms with Crippen LogP contribution < -0.4 is 5.32 Å². The van der Waals surface area contributed by atoms with Crippen LogP contribution in [-0.2, 0) is 4.79 Å². The molecule has 0 heterocycles. The Hall–Kier alpha value is -1.57. The second kappa shape index (κ2) is 17.5. The van der Waals surface area contributed by atoms with E-state index in [1.807, 2.05) is 18.2 Å². The smallest absolute Gasteiger partial charge is 0.243 e. The van der Waals surface area contributed by atoms with Crippen molar-refractivity contribution in [2.75, 3.05) is 6.54 Å². The number of aryl methyl sites for hydroxylation is 1. The van der Waals surface area contributed by atoms with Gasteiger partial charge in [0, 0.05) is 12.6 Å². The molecule has 1 rings (SSSR count). The van der Waals surface area contributed by atoms with Gasteiger partial charge in [-0.25, -0.2) is 0 Å². The fraction of sp³-hybridized carbons (Fsp3) is 0.654. The Morgan fingerprint density at radius 3 is 1.71 bits per heavy atom. The van der Waals surface area contributed by atoms with Crippen LogP contribution in [0, 0.1) is 6.92 Å². The number of carbonyl (C=O) groups excluding carboxylic acids is 1. The van der Waals surface area contributed by atoms with E-state index in [2.05, 4.69) is 31.3 Å². The number of hydrogen-bond donors (Lipinski definition) is 1. The van der Waals surface area contributed by atoms with Crippen LogP contribution in [0.5, 0.6) is 0 Å². The molecule has 0 radical (unpaired) electrons. The van der Waals surface area contributed by atoms with Crippen molar-refractivity contribution in [2.24, 2.45) is 0 Å². The van der Waals surface area contributed by atoms with E-state index in [1.54, 1.807) is 6.08 Å². The van der Waals surface area contributed by atoms with Crippen molar-refractivity contribution in [3.05, 3.63) is 41.5 Å². The summed E-state index contributed by atoms with van der Waals surface area (Å²) in [7, 11) is 0. The van der Waals surface area contributed by atoms with Gasteiger partial charge in [0.2, 0.25) is 5.91 Å². The number of carbonyl (C=O) groups is 1. The van der Waals surface area contributed by atoms with Gasteiger partial charge in [-0.2, -0.15) is 0 Å². The van der Waals surface area contributed by atoms with Crippen molar-refractivity contribution in [3.63, 3.8) is 0 Å². The summed E-state index contributed by atoms with van der Waals surface area (Å²) in [5, 5.41) is 2.98. The maximum absolute atomic E-state index is 11.8. The van der Waals surface area contributed by atoms with Gasteiger partial charge in [0.15, 0.2) is 0 Å². The zero-order chi connectivity index (χ0) is 20.3. The number of amides is 1. The van der Waals surface area contributed by atoms with Gasteiger partial charge in [0.25, 0.3) is 0 Å². The first kappa shape index (κ1) is 24.5. The summed E-state index contributed by atoms with van der Waals surface area (Å²) in [5.74, 6) is 0.00951. The third-order valence-electron chi connectivity index (χ3n) is 5.33. The Morgan fingerprint density at radius 1 is 0.750 bits per heavy atom. The van der Waals surface area contributed by atoms with Gasteiger partial charge in [0.1, 0.15) is 0 Å². The second-order valence-corrected chi connectivity index (χ2v) is 8.13. The van der Waals surface area contributed by atoms with Crippen LogP contribution in [0.4, 0.5) is 0 Å². The van der Waals surface area contributed by atoms with E-state index < -0.39 is 0 Å². The number of hydrogen-bond acceptors (Lipinski definition) is 1.